The smallest absolute Gasteiger partial charge is 0.303 e. The molecule has 0 saturated heterocycles. The van der Waals surface area contributed by atoms with Gasteiger partial charge in [0.1, 0.15) is 0 Å². The molecule has 0 bridgehead atoms. The van der Waals surface area contributed by atoms with E-state index in [4.69, 9.17) is 5.11 Å². The first-order valence-electron chi connectivity index (χ1n) is 4.62. The van der Waals surface area contributed by atoms with E-state index in [-0.39, 0.29) is 13.0 Å². The first-order valence-corrected chi connectivity index (χ1v) is 4.62. The van der Waals surface area contributed by atoms with Gasteiger partial charge in [-0.3, -0.25) is 4.79 Å². The second-order valence-corrected chi connectivity index (χ2v) is 2.26. The number of aliphatic carboxylic acids is 1. The zero-order valence-electron chi connectivity index (χ0n) is 8.56. The van der Waals surface area contributed by atoms with Crippen molar-refractivity contribution in [3.05, 3.63) is 10.1 Å². The molecule has 0 aromatic heterocycles. The zero-order chi connectivity index (χ0) is 11.4. The average Bonchev–Trinajstić information content (AvgIpc) is 2.13. The molecule has 0 heterocycles. The summed E-state index contributed by atoms with van der Waals surface area (Å²) in [5.41, 5.74) is 0. The number of carbonyl (C=O) groups is 1. The van der Waals surface area contributed by atoms with Crippen LogP contribution in [-0.4, -0.2) is 22.8 Å². The first kappa shape index (κ1) is 15.2. The molecule has 0 rings (SSSR count). The Balaban J connectivity index is 0. The van der Waals surface area contributed by atoms with Crippen molar-refractivity contribution in [2.24, 2.45) is 0 Å². The van der Waals surface area contributed by atoms with Crippen molar-refractivity contribution in [2.75, 3.05) is 6.61 Å². The average molecular weight is 207 g/mol. The van der Waals surface area contributed by atoms with Gasteiger partial charge in [-0.15, -0.1) is 10.1 Å². The summed E-state index contributed by atoms with van der Waals surface area (Å²) in [4.78, 5) is 23.7. The molecule has 0 aliphatic carbocycles. The third-order valence-corrected chi connectivity index (χ3v) is 1.23. The van der Waals surface area contributed by atoms with E-state index < -0.39 is 11.1 Å². The summed E-state index contributed by atoms with van der Waals surface area (Å²) < 4.78 is 0. The van der Waals surface area contributed by atoms with Crippen molar-refractivity contribution in [3.63, 3.8) is 0 Å². The summed E-state index contributed by atoms with van der Waals surface area (Å²) in [5.74, 6) is -0.842. The lowest BCUT2D eigenvalue weighted by Gasteiger charge is -1.97. The maximum absolute atomic E-state index is 10.0. The van der Waals surface area contributed by atoms with Gasteiger partial charge in [0.15, 0.2) is 0 Å². The van der Waals surface area contributed by atoms with E-state index in [1.54, 1.807) is 0 Å². The van der Waals surface area contributed by atoms with E-state index in [9.17, 15) is 14.9 Å². The fraction of sp³-hybridized carbons (Fsp3) is 0.875. The van der Waals surface area contributed by atoms with E-state index in [0.29, 0.717) is 19.3 Å². The molecule has 0 saturated carbocycles. The summed E-state index contributed by atoms with van der Waals surface area (Å²) in [7, 11) is 0. The van der Waals surface area contributed by atoms with Gasteiger partial charge in [-0.25, -0.2) is 0 Å². The Labute approximate surface area is 83.0 Å². The molecule has 0 radical (unpaired) electrons. The maximum Gasteiger partial charge on any atom is 0.303 e. The Hall–Kier alpha value is -1.33. The molecule has 84 valence electrons. The standard InChI is InChI=1S/C6H11NO5.C2H6/c8-6(9)4-2-1-3-5-12-7(10)11;1-2/h1-5H2,(H,8,9);1-2H3. The lowest BCUT2D eigenvalue weighted by molar-refractivity contribution is -0.757. The van der Waals surface area contributed by atoms with Gasteiger partial charge < -0.3 is 9.94 Å². The fourth-order valence-electron chi connectivity index (χ4n) is 0.694. The van der Waals surface area contributed by atoms with Crippen molar-refractivity contribution in [3.8, 4) is 0 Å². The molecule has 6 heteroatoms. The van der Waals surface area contributed by atoms with Gasteiger partial charge in [-0.05, 0) is 12.8 Å². The number of hydrogen-bond acceptors (Lipinski definition) is 4. The molecule has 0 atom stereocenters. The van der Waals surface area contributed by atoms with Crippen LogP contribution in [0.4, 0.5) is 0 Å². The minimum atomic E-state index is -0.850. The summed E-state index contributed by atoms with van der Waals surface area (Å²) in [6.07, 6.45) is 1.81. The lowest BCUT2D eigenvalue weighted by Crippen LogP contribution is -2.02. The van der Waals surface area contributed by atoms with Gasteiger partial charge in [-0.1, -0.05) is 20.3 Å². The SMILES string of the molecule is CC.O=C(O)CCCCCO[N+](=O)[O-]. The molecule has 0 spiro atoms. The monoisotopic (exact) mass is 207 g/mol. The van der Waals surface area contributed by atoms with Crippen LogP contribution in [0.1, 0.15) is 39.5 Å². The number of carboxylic acid groups (broad SMARTS) is 1. The second kappa shape index (κ2) is 11.7. The summed E-state index contributed by atoms with van der Waals surface area (Å²) in [6, 6.07) is 0. The number of nitrogens with zero attached hydrogens (tertiary/aromatic N) is 1. The van der Waals surface area contributed by atoms with E-state index in [0.717, 1.165) is 0 Å². The molecule has 0 amide bonds. The van der Waals surface area contributed by atoms with Gasteiger partial charge in [0.2, 0.25) is 0 Å². The molecule has 0 unspecified atom stereocenters. The molecule has 6 nitrogen and oxygen atoms in total. The summed E-state index contributed by atoms with van der Waals surface area (Å²) in [6.45, 7) is 4.05. The van der Waals surface area contributed by atoms with Crippen LogP contribution in [0.2, 0.25) is 0 Å². The first-order chi connectivity index (χ1) is 6.63. The minimum Gasteiger partial charge on any atom is -0.481 e. The van der Waals surface area contributed by atoms with E-state index >= 15 is 0 Å². The van der Waals surface area contributed by atoms with Crippen molar-refractivity contribution >= 4 is 5.97 Å². The zero-order valence-corrected chi connectivity index (χ0v) is 8.56. The largest absolute Gasteiger partial charge is 0.481 e. The van der Waals surface area contributed by atoms with Gasteiger partial charge in [0, 0.05) is 6.42 Å². The van der Waals surface area contributed by atoms with Crippen LogP contribution in [0, 0.1) is 10.1 Å². The van der Waals surface area contributed by atoms with Crippen molar-refractivity contribution in [1.82, 2.24) is 0 Å². The molecule has 0 aromatic carbocycles. The van der Waals surface area contributed by atoms with Crippen LogP contribution in [0.3, 0.4) is 0 Å². The quantitative estimate of drug-likeness (QED) is 0.391. The Bertz CT molecular complexity index is 142. The van der Waals surface area contributed by atoms with Crippen LogP contribution < -0.4 is 0 Å². The highest BCUT2D eigenvalue weighted by Gasteiger charge is 1.97. The molecule has 14 heavy (non-hydrogen) atoms. The van der Waals surface area contributed by atoms with Crippen molar-refractivity contribution in [1.29, 1.82) is 0 Å². The third kappa shape index (κ3) is 17.0. The van der Waals surface area contributed by atoms with Crippen molar-refractivity contribution in [2.45, 2.75) is 39.5 Å². The molecule has 0 aromatic rings. The van der Waals surface area contributed by atoms with Gasteiger partial charge >= 0.3 is 5.97 Å². The Morgan fingerprint density at radius 3 is 2.36 bits per heavy atom. The highest BCUT2D eigenvalue weighted by Crippen LogP contribution is 1.99. The van der Waals surface area contributed by atoms with Crippen LogP contribution in [-0.2, 0) is 9.63 Å². The van der Waals surface area contributed by atoms with Crippen LogP contribution >= 0.6 is 0 Å². The Kier molecular flexibility index (Phi) is 12.6. The minimum absolute atomic E-state index is 0.0482. The highest BCUT2D eigenvalue weighted by atomic mass is 16.9. The predicted octanol–water partition coefficient (Wildman–Crippen LogP) is 1.87. The molecule has 0 aliphatic rings. The Morgan fingerprint density at radius 1 is 1.36 bits per heavy atom. The summed E-state index contributed by atoms with van der Waals surface area (Å²) >= 11 is 0. The normalized spacial score (nSPS) is 8.43. The van der Waals surface area contributed by atoms with Gasteiger partial charge in [0.05, 0.1) is 6.61 Å². The topological polar surface area (TPSA) is 89.7 Å². The molecule has 0 aliphatic heterocycles. The van der Waals surface area contributed by atoms with Gasteiger partial charge in [-0.2, -0.15) is 0 Å². The number of hydrogen-bond donors (Lipinski definition) is 1. The highest BCUT2D eigenvalue weighted by molar-refractivity contribution is 5.66. The van der Waals surface area contributed by atoms with E-state index in [1.165, 1.54) is 0 Å². The predicted molar refractivity (Wildman–Crippen MR) is 50.4 cm³/mol. The number of carboxylic acids is 1. The Morgan fingerprint density at radius 2 is 1.93 bits per heavy atom. The fourth-order valence-corrected chi connectivity index (χ4v) is 0.694. The molecule has 1 N–H and O–H groups in total. The summed E-state index contributed by atoms with van der Waals surface area (Å²) in [5, 5.41) is 17.0. The van der Waals surface area contributed by atoms with Crippen molar-refractivity contribution < 1.29 is 19.8 Å². The molecule has 0 fully saturated rings. The van der Waals surface area contributed by atoms with Crippen LogP contribution in [0.5, 0.6) is 0 Å². The van der Waals surface area contributed by atoms with Crippen LogP contribution in [0.25, 0.3) is 0 Å². The van der Waals surface area contributed by atoms with Crippen LogP contribution in [0.15, 0.2) is 0 Å². The number of unbranched alkanes of at least 4 members (excludes halogenated alkanes) is 2. The number of rotatable bonds is 7. The van der Waals surface area contributed by atoms with E-state index in [2.05, 4.69) is 4.84 Å². The molecular formula is C8H17NO5. The van der Waals surface area contributed by atoms with E-state index in [1.807, 2.05) is 13.8 Å². The second-order valence-electron chi connectivity index (χ2n) is 2.26. The maximum atomic E-state index is 10.0. The third-order valence-electron chi connectivity index (χ3n) is 1.23. The van der Waals surface area contributed by atoms with Gasteiger partial charge in [0.25, 0.3) is 5.09 Å². The molecular weight excluding hydrogens is 190 g/mol. The lowest BCUT2D eigenvalue weighted by atomic mass is 10.2.